The number of hydrogen-bond acceptors (Lipinski definition) is 5. The molecule has 1 aliphatic carbocycles. The molecule has 0 bridgehead atoms. The molecule has 1 saturated carbocycles. The molecule has 1 aromatic rings. The molecule has 1 unspecified atom stereocenters. The maximum Gasteiger partial charge on any atom is 0.333 e. The first-order valence-corrected chi connectivity index (χ1v) is 6.66. The van der Waals surface area contributed by atoms with Crippen LogP contribution in [0.25, 0.3) is 0 Å². The second-order valence-electron chi connectivity index (χ2n) is 5.06. The van der Waals surface area contributed by atoms with Gasteiger partial charge in [-0.05, 0) is 32.1 Å². The lowest BCUT2D eigenvalue weighted by Crippen LogP contribution is -2.32. The van der Waals surface area contributed by atoms with Gasteiger partial charge < -0.3 is 10.4 Å². The Balaban J connectivity index is 2.36. The minimum absolute atomic E-state index is 0.0392. The second kappa shape index (κ2) is 5.48. The van der Waals surface area contributed by atoms with Crippen molar-refractivity contribution in [3.63, 3.8) is 0 Å². The highest BCUT2D eigenvalue weighted by Gasteiger charge is 2.39. The van der Waals surface area contributed by atoms with Crippen molar-refractivity contribution >= 4 is 17.5 Å². The summed E-state index contributed by atoms with van der Waals surface area (Å²) in [5.41, 5.74) is 0.163. The van der Waals surface area contributed by atoms with Crippen LogP contribution < -0.4 is 5.32 Å². The van der Waals surface area contributed by atoms with Gasteiger partial charge in [0.25, 0.3) is 0 Å². The summed E-state index contributed by atoms with van der Waals surface area (Å²) in [7, 11) is 0. The standard InChI is InChI=1S/C12H18N4O4/c1-3-6-15-11(10(16(19)20)7(2)14-15)13-9(12(17)18)8-4-5-8/h8-9,13H,3-6H2,1-2H3,(H,17,18). The average Bonchev–Trinajstić information content (AvgIpc) is 3.12. The number of carboxylic acid groups (broad SMARTS) is 1. The number of hydrogen-bond donors (Lipinski definition) is 2. The van der Waals surface area contributed by atoms with Gasteiger partial charge in [-0.25, -0.2) is 9.48 Å². The highest BCUT2D eigenvalue weighted by molar-refractivity contribution is 5.79. The summed E-state index contributed by atoms with van der Waals surface area (Å²) in [4.78, 5) is 21.9. The fourth-order valence-corrected chi connectivity index (χ4v) is 2.27. The van der Waals surface area contributed by atoms with Crippen molar-refractivity contribution in [1.82, 2.24) is 9.78 Å². The molecule has 0 spiro atoms. The number of carbonyl (C=O) groups is 1. The summed E-state index contributed by atoms with van der Waals surface area (Å²) < 4.78 is 1.49. The zero-order valence-corrected chi connectivity index (χ0v) is 11.5. The van der Waals surface area contributed by atoms with Crippen molar-refractivity contribution in [2.24, 2.45) is 5.92 Å². The van der Waals surface area contributed by atoms with Crippen molar-refractivity contribution in [2.75, 3.05) is 5.32 Å². The molecule has 1 aromatic heterocycles. The smallest absolute Gasteiger partial charge is 0.333 e. The molecule has 8 nitrogen and oxygen atoms in total. The molecule has 1 aliphatic rings. The highest BCUT2D eigenvalue weighted by atomic mass is 16.6. The van der Waals surface area contributed by atoms with Crippen LogP contribution in [0.1, 0.15) is 31.9 Å². The van der Waals surface area contributed by atoms with Gasteiger partial charge in [0.05, 0.1) is 4.92 Å². The molecule has 0 aromatic carbocycles. The molecule has 2 rings (SSSR count). The largest absolute Gasteiger partial charge is 0.480 e. The van der Waals surface area contributed by atoms with E-state index in [1.807, 2.05) is 6.92 Å². The van der Waals surface area contributed by atoms with E-state index in [2.05, 4.69) is 10.4 Å². The van der Waals surface area contributed by atoms with E-state index in [9.17, 15) is 20.0 Å². The Morgan fingerprint density at radius 3 is 2.75 bits per heavy atom. The number of nitrogens with one attached hydrogen (secondary N) is 1. The molecular formula is C12H18N4O4. The summed E-state index contributed by atoms with van der Waals surface area (Å²) in [6.07, 6.45) is 2.42. The summed E-state index contributed by atoms with van der Waals surface area (Å²) in [6.45, 7) is 4.00. The fourth-order valence-electron chi connectivity index (χ4n) is 2.27. The predicted molar refractivity (Wildman–Crippen MR) is 71.7 cm³/mol. The molecule has 20 heavy (non-hydrogen) atoms. The molecule has 8 heteroatoms. The monoisotopic (exact) mass is 282 g/mol. The number of aryl methyl sites for hydroxylation is 2. The Kier molecular flexibility index (Phi) is 3.91. The lowest BCUT2D eigenvalue weighted by molar-refractivity contribution is -0.384. The van der Waals surface area contributed by atoms with E-state index < -0.39 is 16.9 Å². The zero-order valence-electron chi connectivity index (χ0n) is 11.5. The van der Waals surface area contributed by atoms with E-state index in [0.717, 1.165) is 19.3 Å². The van der Waals surface area contributed by atoms with E-state index in [1.165, 1.54) is 4.68 Å². The van der Waals surface area contributed by atoms with Gasteiger partial charge in [0.15, 0.2) is 0 Å². The maximum absolute atomic E-state index is 11.3. The quantitative estimate of drug-likeness (QED) is 0.582. The summed E-state index contributed by atoms with van der Waals surface area (Å²) >= 11 is 0. The van der Waals surface area contributed by atoms with Crippen molar-refractivity contribution in [2.45, 2.75) is 45.7 Å². The molecule has 0 amide bonds. The Morgan fingerprint density at radius 2 is 2.30 bits per heavy atom. The number of carboxylic acids is 1. The molecule has 1 heterocycles. The van der Waals surface area contributed by atoms with Crippen LogP contribution in [-0.2, 0) is 11.3 Å². The Morgan fingerprint density at radius 1 is 1.65 bits per heavy atom. The third-order valence-electron chi connectivity index (χ3n) is 3.37. The molecule has 2 N–H and O–H groups in total. The van der Waals surface area contributed by atoms with Gasteiger partial charge in [-0.15, -0.1) is 0 Å². The zero-order chi connectivity index (χ0) is 14.9. The van der Waals surface area contributed by atoms with Crippen molar-refractivity contribution in [3.05, 3.63) is 15.8 Å². The van der Waals surface area contributed by atoms with Gasteiger partial charge in [0.1, 0.15) is 11.7 Å². The van der Waals surface area contributed by atoms with Crippen molar-refractivity contribution in [1.29, 1.82) is 0 Å². The van der Waals surface area contributed by atoms with E-state index in [-0.39, 0.29) is 17.4 Å². The topological polar surface area (TPSA) is 110 Å². The SMILES string of the molecule is CCCn1nc(C)c([N+](=O)[O-])c1NC(C(=O)O)C1CC1. The van der Waals surface area contributed by atoms with Gasteiger partial charge >= 0.3 is 11.7 Å². The van der Waals surface area contributed by atoms with Gasteiger partial charge in [-0.3, -0.25) is 10.1 Å². The van der Waals surface area contributed by atoms with Crippen LogP contribution in [0.15, 0.2) is 0 Å². The molecular weight excluding hydrogens is 264 g/mol. The fraction of sp³-hybridized carbons (Fsp3) is 0.667. The molecule has 0 radical (unpaired) electrons. The Hall–Kier alpha value is -2.12. The number of nitro groups is 1. The van der Waals surface area contributed by atoms with Crippen LogP contribution in [0.5, 0.6) is 0 Å². The molecule has 0 saturated heterocycles. The second-order valence-corrected chi connectivity index (χ2v) is 5.06. The number of aromatic nitrogens is 2. The third-order valence-corrected chi connectivity index (χ3v) is 3.37. The first kappa shape index (κ1) is 14.3. The van der Waals surface area contributed by atoms with Crippen LogP contribution >= 0.6 is 0 Å². The lowest BCUT2D eigenvalue weighted by Gasteiger charge is -2.15. The predicted octanol–water partition coefficient (Wildman–Crippen LogP) is 1.78. The number of anilines is 1. The summed E-state index contributed by atoms with van der Waals surface area (Å²) in [6, 6.07) is -0.791. The third kappa shape index (κ3) is 2.73. The molecule has 1 atom stereocenters. The average molecular weight is 282 g/mol. The number of aliphatic carboxylic acids is 1. The van der Waals surface area contributed by atoms with E-state index in [1.54, 1.807) is 6.92 Å². The lowest BCUT2D eigenvalue weighted by atomic mass is 10.2. The van der Waals surface area contributed by atoms with Crippen LogP contribution in [0, 0.1) is 23.0 Å². The minimum atomic E-state index is -0.983. The van der Waals surface area contributed by atoms with Gasteiger partial charge in [-0.1, -0.05) is 6.92 Å². The minimum Gasteiger partial charge on any atom is -0.480 e. The highest BCUT2D eigenvalue weighted by Crippen LogP contribution is 2.37. The van der Waals surface area contributed by atoms with Crippen LogP contribution in [-0.4, -0.2) is 31.8 Å². The van der Waals surface area contributed by atoms with Crippen LogP contribution in [0.2, 0.25) is 0 Å². The summed E-state index contributed by atoms with van der Waals surface area (Å²) in [5, 5.41) is 27.4. The van der Waals surface area contributed by atoms with Crippen LogP contribution in [0.4, 0.5) is 11.5 Å². The van der Waals surface area contributed by atoms with Crippen molar-refractivity contribution < 1.29 is 14.8 Å². The van der Waals surface area contributed by atoms with Gasteiger partial charge in [0.2, 0.25) is 5.82 Å². The first-order valence-electron chi connectivity index (χ1n) is 6.66. The number of rotatable bonds is 7. The van der Waals surface area contributed by atoms with E-state index >= 15 is 0 Å². The van der Waals surface area contributed by atoms with E-state index in [4.69, 9.17) is 0 Å². The Bertz CT molecular complexity index is 536. The molecule has 1 fully saturated rings. The summed E-state index contributed by atoms with van der Waals surface area (Å²) in [5.74, 6) is -0.741. The Labute approximate surface area is 115 Å². The maximum atomic E-state index is 11.3. The van der Waals surface area contributed by atoms with Crippen LogP contribution in [0.3, 0.4) is 0 Å². The molecule has 0 aliphatic heterocycles. The van der Waals surface area contributed by atoms with E-state index in [0.29, 0.717) is 12.2 Å². The first-order chi connectivity index (χ1) is 9.45. The normalized spacial score (nSPS) is 15.9. The number of nitrogens with zero attached hydrogens (tertiary/aromatic N) is 3. The molecule has 110 valence electrons. The van der Waals surface area contributed by atoms with Crippen molar-refractivity contribution in [3.8, 4) is 0 Å². The van der Waals surface area contributed by atoms with Gasteiger partial charge in [-0.2, -0.15) is 5.10 Å². The van der Waals surface area contributed by atoms with Gasteiger partial charge in [0, 0.05) is 6.54 Å².